The maximum Gasteiger partial charge on any atom is 0.295 e. The van der Waals surface area contributed by atoms with Crippen LogP contribution in [0.4, 0.5) is 0 Å². The van der Waals surface area contributed by atoms with Gasteiger partial charge in [-0.05, 0) is 24.6 Å². The molecule has 1 N–H and O–H groups in total. The minimum Gasteiger partial charge on any atom is -0.550 e. The number of ether oxygens (including phenoxy) is 1. The number of carbonyl (C=O) groups excluding carboxylic acids is 3. The van der Waals surface area contributed by atoms with Crippen molar-refractivity contribution in [2.75, 3.05) is 13.7 Å². The molecule has 1 amide bonds. The first-order valence-electron chi connectivity index (χ1n) is 9.02. The molecule has 2 aromatic rings. The van der Waals surface area contributed by atoms with Gasteiger partial charge in [0.15, 0.2) is 0 Å². The number of aliphatic hydroxyl groups excluding tert-OH is 1. The van der Waals surface area contributed by atoms with Crippen LogP contribution in [0.2, 0.25) is 0 Å². The first-order chi connectivity index (χ1) is 13.8. The van der Waals surface area contributed by atoms with Gasteiger partial charge < -0.3 is 24.6 Å². The van der Waals surface area contributed by atoms with E-state index in [2.05, 4.69) is 0 Å². The Morgan fingerprint density at radius 1 is 1.10 bits per heavy atom. The van der Waals surface area contributed by atoms with Gasteiger partial charge in [-0.15, -0.1) is 0 Å². The van der Waals surface area contributed by atoms with Crippen LogP contribution in [0.25, 0.3) is 5.76 Å². The number of aryl methyl sites for hydroxylation is 1. The molecule has 1 saturated heterocycles. The van der Waals surface area contributed by atoms with Crippen LogP contribution in [0, 0.1) is 6.92 Å². The summed E-state index contributed by atoms with van der Waals surface area (Å²) in [7, 11) is 1.51. The summed E-state index contributed by atoms with van der Waals surface area (Å²) >= 11 is 0. The van der Waals surface area contributed by atoms with Crippen LogP contribution in [0.15, 0.2) is 54.1 Å². The van der Waals surface area contributed by atoms with Crippen LogP contribution < -0.4 is 9.84 Å². The zero-order valence-corrected chi connectivity index (χ0v) is 16.0. The Morgan fingerprint density at radius 2 is 1.72 bits per heavy atom. The number of aliphatic carboxylic acids is 1. The van der Waals surface area contributed by atoms with Crippen LogP contribution in [0.1, 0.15) is 29.2 Å². The van der Waals surface area contributed by atoms with Crippen LogP contribution in [0.5, 0.6) is 5.75 Å². The average Bonchev–Trinajstić information content (AvgIpc) is 2.97. The molecule has 0 aliphatic carbocycles. The Labute approximate surface area is 167 Å². The number of carboxylic acid groups (broad SMARTS) is 1. The van der Waals surface area contributed by atoms with Gasteiger partial charge in [-0.2, -0.15) is 0 Å². The lowest BCUT2D eigenvalue weighted by Gasteiger charge is -2.25. The van der Waals surface area contributed by atoms with Crippen LogP contribution >= 0.6 is 0 Å². The van der Waals surface area contributed by atoms with Crippen LogP contribution in [0.3, 0.4) is 0 Å². The quantitative estimate of drug-likeness (QED) is 0.453. The number of nitrogens with zero attached hydrogens (tertiary/aromatic N) is 1. The van der Waals surface area contributed by atoms with Gasteiger partial charge in [-0.25, -0.2) is 0 Å². The number of hydrogen-bond donors (Lipinski definition) is 1. The molecule has 2 aromatic carbocycles. The van der Waals surface area contributed by atoms with Crippen molar-refractivity contribution in [2.45, 2.75) is 19.4 Å². The molecule has 0 aromatic heterocycles. The van der Waals surface area contributed by atoms with Crippen molar-refractivity contribution < 1.29 is 29.3 Å². The third-order valence-electron chi connectivity index (χ3n) is 4.85. The largest absolute Gasteiger partial charge is 0.550 e. The lowest BCUT2D eigenvalue weighted by molar-refractivity contribution is -0.305. The molecule has 0 spiro atoms. The zero-order valence-electron chi connectivity index (χ0n) is 16.0. The van der Waals surface area contributed by atoms with Crippen LogP contribution in [-0.4, -0.2) is 41.3 Å². The van der Waals surface area contributed by atoms with Crippen molar-refractivity contribution in [3.05, 3.63) is 70.8 Å². The van der Waals surface area contributed by atoms with Gasteiger partial charge in [-0.3, -0.25) is 9.59 Å². The molecule has 0 saturated carbocycles. The predicted octanol–water partition coefficient (Wildman–Crippen LogP) is 1.57. The van der Waals surface area contributed by atoms with Gasteiger partial charge in [0.05, 0.1) is 18.7 Å². The number of carboxylic acids is 1. The number of Topliss-reactive ketones (excluding diaryl/α,β-unsaturated/α-hetero) is 1. The SMILES string of the molecule is COc1ccc([C@@H]2C(=C(O)c3ccc(C)cc3)C(=O)C(=O)N2CCC(=O)[O-])cc1. The van der Waals surface area contributed by atoms with E-state index in [0.717, 1.165) is 10.5 Å². The standard InChI is InChI=1S/C22H21NO6/c1-13-3-5-15(6-4-13)20(26)18-19(14-7-9-16(29-2)10-8-14)23(12-11-17(24)25)22(28)21(18)27/h3-10,19,26H,11-12H2,1-2H3,(H,24,25)/p-1/t19-/m1/s1. The molecule has 1 fully saturated rings. The topological polar surface area (TPSA) is 107 Å². The number of carbonyl (C=O) groups is 3. The minimum absolute atomic E-state index is 0.0811. The predicted molar refractivity (Wildman–Crippen MR) is 103 cm³/mol. The summed E-state index contributed by atoms with van der Waals surface area (Å²) in [6, 6.07) is 12.6. The van der Waals surface area contributed by atoms with Gasteiger partial charge in [-0.1, -0.05) is 42.0 Å². The summed E-state index contributed by atoms with van der Waals surface area (Å²) in [4.78, 5) is 37.5. The third-order valence-corrected chi connectivity index (χ3v) is 4.85. The second-order valence-corrected chi connectivity index (χ2v) is 6.75. The number of methoxy groups -OCH3 is 1. The highest BCUT2D eigenvalue weighted by molar-refractivity contribution is 6.46. The molecular weight excluding hydrogens is 374 g/mol. The van der Waals surface area contributed by atoms with E-state index in [0.29, 0.717) is 16.9 Å². The molecule has 1 aliphatic rings. The Bertz CT molecular complexity index is 975. The molecule has 1 atom stereocenters. The monoisotopic (exact) mass is 394 g/mol. The smallest absolute Gasteiger partial charge is 0.295 e. The summed E-state index contributed by atoms with van der Waals surface area (Å²) in [6.07, 6.45) is -0.426. The zero-order chi connectivity index (χ0) is 21.1. The lowest BCUT2D eigenvalue weighted by Crippen LogP contribution is -2.34. The van der Waals surface area contributed by atoms with Crippen molar-refractivity contribution in [2.24, 2.45) is 0 Å². The van der Waals surface area contributed by atoms with Crippen molar-refractivity contribution in [1.29, 1.82) is 0 Å². The van der Waals surface area contributed by atoms with Gasteiger partial charge >= 0.3 is 0 Å². The Balaban J connectivity index is 2.13. The minimum atomic E-state index is -1.33. The number of aliphatic hydroxyl groups is 1. The normalized spacial score (nSPS) is 18.1. The number of likely N-dealkylation sites (tertiary alicyclic amines) is 1. The van der Waals surface area contributed by atoms with E-state index >= 15 is 0 Å². The van der Waals surface area contributed by atoms with E-state index in [1.165, 1.54) is 7.11 Å². The first-order valence-corrected chi connectivity index (χ1v) is 9.02. The molecule has 0 radical (unpaired) electrons. The number of benzene rings is 2. The van der Waals surface area contributed by atoms with Crippen LogP contribution in [-0.2, 0) is 14.4 Å². The Morgan fingerprint density at radius 3 is 2.28 bits per heavy atom. The molecule has 7 heteroatoms. The summed E-state index contributed by atoms with van der Waals surface area (Å²) < 4.78 is 5.14. The third kappa shape index (κ3) is 3.99. The van der Waals surface area contributed by atoms with E-state index in [9.17, 15) is 24.6 Å². The van der Waals surface area contributed by atoms with Crippen molar-refractivity contribution in [1.82, 2.24) is 4.90 Å². The highest BCUT2D eigenvalue weighted by Crippen LogP contribution is 2.39. The highest BCUT2D eigenvalue weighted by Gasteiger charge is 2.45. The van der Waals surface area contributed by atoms with Crippen molar-refractivity contribution in [3.8, 4) is 5.75 Å². The number of hydrogen-bond acceptors (Lipinski definition) is 6. The fraction of sp³-hybridized carbons (Fsp3) is 0.227. The molecule has 3 rings (SSSR count). The molecule has 7 nitrogen and oxygen atoms in total. The molecule has 1 heterocycles. The van der Waals surface area contributed by atoms with Gasteiger partial charge in [0.25, 0.3) is 11.7 Å². The number of ketones is 1. The van der Waals surface area contributed by atoms with E-state index in [1.807, 2.05) is 6.92 Å². The molecule has 1 aliphatic heterocycles. The van der Waals surface area contributed by atoms with Gasteiger partial charge in [0.2, 0.25) is 0 Å². The van der Waals surface area contributed by atoms with E-state index < -0.39 is 30.1 Å². The van der Waals surface area contributed by atoms with E-state index in [4.69, 9.17) is 4.74 Å². The second-order valence-electron chi connectivity index (χ2n) is 6.75. The summed E-state index contributed by atoms with van der Waals surface area (Å²) in [5.41, 5.74) is 1.84. The molecule has 0 bridgehead atoms. The summed E-state index contributed by atoms with van der Waals surface area (Å²) in [6.45, 7) is 1.67. The fourth-order valence-electron chi connectivity index (χ4n) is 3.32. The molecule has 0 unspecified atom stereocenters. The molecule has 150 valence electrons. The highest BCUT2D eigenvalue weighted by atomic mass is 16.5. The van der Waals surface area contributed by atoms with E-state index in [-0.39, 0.29) is 17.9 Å². The first kappa shape index (κ1) is 20.1. The van der Waals surface area contributed by atoms with Crippen molar-refractivity contribution >= 4 is 23.4 Å². The summed E-state index contributed by atoms with van der Waals surface area (Å²) in [5.74, 6) is -2.78. The molecule has 29 heavy (non-hydrogen) atoms. The van der Waals surface area contributed by atoms with E-state index in [1.54, 1.807) is 48.5 Å². The lowest BCUT2D eigenvalue weighted by atomic mass is 9.95. The Hall–Kier alpha value is -3.61. The van der Waals surface area contributed by atoms with Crippen molar-refractivity contribution in [3.63, 3.8) is 0 Å². The maximum atomic E-state index is 12.8. The van der Waals surface area contributed by atoms with Gasteiger partial charge in [0.1, 0.15) is 11.5 Å². The number of rotatable bonds is 6. The fourth-order valence-corrected chi connectivity index (χ4v) is 3.32. The average molecular weight is 394 g/mol. The van der Waals surface area contributed by atoms with Gasteiger partial charge in [0, 0.05) is 24.5 Å². The number of amides is 1. The Kier molecular flexibility index (Phi) is 5.68. The second kappa shape index (κ2) is 8.18. The maximum absolute atomic E-state index is 12.8. The molecular formula is C22H20NO6-. The summed E-state index contributed by atoms with van der Waals surface area (Å²) in [5, 5.41) is 21.8.